The molecule has 1 atom stereocenters. The molecule has 1 saturated carbocycles. The molecule has 1 nitrogen and oxygen atoms in total. The van der Waals surface area contributed by atoms with E-state index in [1.807, 2.05) is 6.07 Å². The van der Waals surface area contributed by atoms with E-state index in [1.165, 1.54) is 24.2 Å². The monoisotopic (exact) mass is 294 g/mol. The van der Waals surface area contributed by atoms with Gasteiger partial charge in [0.05, 0.1) is 6.10 Å². The van der Waals surface area contributed by atoms with Gasteiger partial charge in [0.15, 0.2) is 0 Å². The van der Waals surface area contributed by atoms with Gasteiger partial charge in [-0.15, -0.1) is 11.3 Å². The van der Waals surface area contributed by atoms with Crippen LogP contribution in [0.15, 0.2) is 10.5 Å². The second kappa shape index (κ2) is 4.52. The van der Waals surface area contributed by atoms with E-state index in [-0.39, 0.29) is 6.10 Å². The maximum absolute atomic E-state index is 10.1. The van der Waals surface area contributed by atoms with Gasteiger partial charge in [0.1, 0.15) is 4.34 Å². The van der Waals surface area contributed by atoms with E-state index in [0.717, 1.165) is 26.5 Å². The van der Waals surface area contributed by atoms with Crippen LogP contribution in [0.3, 0.4) is 0 Å². The lowest BCUT2D eigenvalue weighted by atomic mass is 10.00. The van der Waals surface area contributed by atoms with Crippen LogP contribution in [0.2, 0.25) is 4.34 Å². The molecule has 2 rings (SSSR count). The van der Waals surface area contributed by atoms with Gasteiger partial charge < -0.3 is 5.11 Å². The molecule has 0 aromatic carbocycles. The summed E-state index contributed by atoms with van der Waals surface area (Å²) in [5.41, 5.74) is 0. The third-order valence-electron chi connectivity index (χ3n) is 2.80. The van der Waals surface area contributed by atoms with Gasteiger partial charge in [-0.05, 0) is 40.8 Å². The smallest absolute Gasteiger partial charge is 0.107 e. The Kier molecular flexibility index (Phi) is 3.53. The number of rotatable bonds is 2. The number of aliphatic hydroxyl groups excluding tert-OH is 1. The Balaban J connectivity index is 2.13. The van der Waals surface area contributed by atoms with Gasteiger partial charge in [-0.25, -0.2) is 0 Å². The summed E-state index contributed by atoms with van der Waals surface area (Å²) in [4.78, 5) is 0.994. The maximum Gasteiger partial charge on any atom is 0.107 e. The zero-order chi connectivity index (χ0) is 10.1. The minimum Gasteiger partial charge on any atom is -0.387 e. The second-order valence-electron chi connectivity index (χ2n) is 3.76. The van der Waals surface area contributed by atoms with Crippen molar-refractivity contribution in [1.82, 2.24) is 0 Å². The van der Waals surface area contributed by atoms with E-state index in [4.69, 9.17) is 11.6 Å². The molecule has 1 fully saturated rings. The standard InChI is InChI=1S/C10H12BrClOS/c11-7-5-8(14-10(7)12)9(13)6-3-1-2-4-6/h5-6,9,13H,1-4H2. The molecule has 1 unspecified atom stereocenters. The van der Waals surface area contributed by atoms with Gasteiger partial charge >= 0.3 is 0 Å². The highest BCUT2D eigenvalue weighted by molar-refractivity contribution is 9.10. The zero-order valence-corrected chi connectivity index (χ0v) is 10.8. The number of halogens is 2. The van der Waals surface area contributed by atoms with Crippen molar-refractivity contribution in [2.45, 2.75) is 31.8 Å². The van der Waals surface area contributed by atoms with Crippen LogP contribution in [-0.4, -0.2) is 5.11 Å². The Morgan fingerprint density at radius 1 is 1.50 bits per heavy atom. The van der Waals surface area contributed by atoms with Gasteiger partial charge in [0.2, 0.25) is 0 Å². The fraction of sp³-hybridized carbons (Fsp3) is 0.600. The van der Waals surface area contributed by atoms with Crippen molar-refractivity contribution in [3.63, 3.8) is 0 Å². The molecule has 1 aliphatic rings. The highest BCUT2D eigenvalue weighted by Crippen LogP contribution is 2.41. The van der Waals surface area contributed by atoms with Crippen LogP contribution < -0.4 is 0 Å². The maximum atomic E-state index is 10.1. The van der Waals surface area contributed by atoms with Crippen molar-refractivity contribution in [2.75, 3.05) is 0 Å². The first-order valence-corrected chi connectivity index (χ1v) is 6.80. The van der Waals surface area contributed by atoms with E-state index in [0.29, 0.717) is 5.92 Å². The fourth-order valence-corrected chi connectivity index (χ4v) is 3.83. The lowest BCUT2D eigenvalue weighted by molar-refractivity contribution is 0.115. The highest BCUT2D eigenvalue weighted by Gasteiger charge is 2.26. The predicted molar refractivity (Wildman–Crippen MR) is 63.9 cm³/mol. The Labute approximate surface area is 101 Å². The molecule has 0 spiro atoms. The Morgan fingerprint density at radius 3 is 2.64 bits per heavy atom. The van der Waals surface area contributed by atoms with Gasteiger partial charge in [-0.1, -0.05) is 24.4 Å². The topological polar surface area (TPSA) is 20.2 Å². The van der Waals surface area contributed by atoms with E-state index < -0.39 is 0 Å². The molecule has 0 bridgehead atoms. The molecular formula is C10H12BrClOS. The third-order valence-corrected chi connectivity index (χ3v) is 5.35. The summed E-state index contributed by atoms with van der Waals surface area (Å²) in [7, 11) is 0. The molecule has 1 aromatic rings. The first-order valence-electron chi connectivity index (χ1n) is 4.81. The Morgan fingerprint density at radius 2 is 2.14 bits per heavy atom. The van der Waals surface area contributed by atoms with Gasteiger partial charge in [-0.2, -0.15) is 0 Å². The normalized spacial score (nSPS) is 20.2. The molecule has 0 saturated heterocycles. The van der Waals surface area contributed by atoms with E-state index in [1.54, 1.807) is 0 Å². The molecule has 0 aliphatic heterocycles. The SMILES string of the molecule is OC(c1cc(Br)c(Cl)s1)C1CCCC1. The molecule has 1 aliphatic carbocycles. The van der Waals surface area contributed by atoms with Crippen LogP contribution in [0.5, 0.6) is 0 Å². The number of aliphatic hydroxyl groups is 1. The second-order valence-corrected chi connectivity index (χ2v) is 6.30. The zero-order valence-electron chi connectivity index (χ0n) is 7.67. The van der Waals surface area contributed by atoms with Crippen molar-refractivity contribution in [1.29, 1.82) is 0 Å². The molecule has 14 heavy (non-hydrogen) atoms. The number of hydrogen-bond donors (Lipinski definition) is 1. The molecule has 1 aromatic heterocycles. The molecule has 78 valence electrons. The minimum atomic E-state index is -0.314. The van der Waals surface area contributed by atoms with Crippen molar-refractivity contribution in [2.24, 2.45) is 5.92 Å². The molecule has 4 heteroatoms. The average Bonchev–Trinajstić information content (AvgIpc) is 2.76. The molecule has 0 radical (unpaired) electrons. The first kappa shape index (κ1) is 10.9. The largest absolute Gasteiger partial charge is 0.387 e. The predicted octanol–water partition coefficient (Wildman–Crippen LogP) is 4.39. The first-order chi connectivity index (χ1) is 6.68. The van der Waals surface area contributed by atoms with Crippen LogP contribution in [0.25, 0.3) is 0 Å². The van der Waals surface area contributed by atoms with Crippen molar-refractivity contribution in [3.05, 3.63) is 19.8 Å². The van der Waals surface area contributed by atoms with Crippen LogP contribution in [0.1, 0.15) is 36.7 Å². The summed E-state index contributed by atoms with van der Waals surface area (Å²) in [5, 5.41) is 10.1. The Hall–Kier alpha value is 0.430. The molecule has 1 heterocycles. The summed E-state index contributed by atoms with van der Waals surface area (Å²) < 4.78 is 1.63. The lowest BCUT2D eigenvalue weighted by Gasteiger charge is -2.15. The molecular weight excluding hydrogens is 284 g/mol. The van der Waals surface area contributed by atoms with Gasteiger partial charge in [-0.3, -0.25) is 0 Å². The van der Waals surface area contributed by atoms with Crippen LogP contribution in [-0.2, 0) is 0 Å². The van der Waals surface area contributed by atoms with Crippen LogP contribution in [0, 0.1) is 5.92 Å². The van der Waals surface area contributed by atoms with E-state index in [2.05, 4.69) is 15.9 Å². The quantitative estimate of drug-likeness (QED) is 0.858. The van der Waals surface area contributed by atoms with Crippen LogP contribution >= 0.6 is 38.9 Å². The average molecular weight is 296 g/mol. The third kappa shape index (κ3) is 2.16. The molecule has 1 N–H and O–H groups in total. The van der Waals surface area contributed by atoms with Crippen molar-refractivity contribution in [3.8, 4) is 0 Å². The fourth-order valence-electron chi connectivity index (χ4n) is 2.01. The van der Waals surface area contributed by atoms with Gasteiger partial charge in [0, 0.05) is 9.35 Å². The number of hydrogen-bond acceptors (Lipinski definition) is 2. The highest BCUT2D eigenvalue weighted by atomic mass is 79.9. The summed E-state index contributed by atoms with van der Waals surface area (Å²) in [6, 6.07) is 1.94. The van der Waals surface area contributed by atoms with Crippen LogP contribution in [0.4, 0.5) is 0 Å². The molecule has 0 amide bonds. The summed E-state index contributed by atoms with van der Waals surface area (Å²) in [6.07, 6.45) is 4.48. The van der Waals surface area contributed by atoms with Crippen molar-refractivity contribution >= 4 is 38.9 Å². The summed E-state index contributed by atoms with van der Waals surface area (Å²) in [6.45, 7) is 0. The summed E-state index contributed by atoms with van der Waals surface area (Å²) >= 11 is 10.8. The van der Waals surface area contributed by atoms with E-state index >= 15 is 0 Å². The summed E-state index contributed by atoms with van der Waals surface area (Å²) in [5.74, 6) is 0.441. The minimum absolute atomic E-state index is 0.314. The van der Waals surface area contributed by atoms with Crippen molar-refractivity contribution < 1.29 is 5.11 Å². The van der Waals surface area contributed by atoms with Gasteiger partial charge in [0.25, 0.3) is 0 Å². The number of thiophene rings is 1. The Bertz CT molecular complexity index is 300. The van der Waals surface area contributed by atoms with E-state index in [9.17, 15) is 5.11 Å². The lowest BCUT2D eigenvalue weighted by Crippen LogP contribution is -2.06.